The van der Waals surface area contributed by atoms with Gasteiger partial charge >= 0.3 is 0 Å². The van der Waals surface area contributed by atoms with Gasteiger partial charge < -0.3 is 15.2 Å². The summed E-state index contributed by atoms with van der Waals surface area (Å²) in [7, 11) is 0. The molecule has 1 heterocycles. The van der Waals surface area contributed by atoms with Gasteiger partial charge in [-0.25, -0.2) is 0 Å². The largest absolute Gasteiger partial charge is 0.373 e. The Morgan fingerprint density at radius 3 is 2.41 bits per heavy atom. The fraction of sp³-hybridized carbons (Fsp3) is 0.615. The van der Waals surface area contributed by atoms with E-state index in [2.05, 4.69) is 4.98 Å². The fourth-order valence-electron chi connectivity index (χ4n) is 1.42. The van der Waals surface area contributed by atoms with Crippen LogP contribution in [0.15, 0.2) is 24.5 Å². The number of rotatable bonds is 6. The van der Waals surface area contributed by atoms with Gasteiger partial charge in [0.2, 0.25) is 0 Å². The highest BCUT2D eigenvalue weighted by Crippen LogP contribution is 2.15. The summed E-state index contributed by atoms with van der Waals surface area (Å²) >= 11 is 0. The molecule has 0 aliphatic carbocycles. The lowest BCUT2D eigenvalue weighted by atomic mass is 10.1. The van der Waals surface area contributed by atoms with Gasteiger partial charge in [-0.2, -0.15) is 0 Å². The second kappa shape index (κ2) is 6.69. The molecule has 0 radical (unpaired) electrons. The van der Waals surface area contributed by atoms with Crippen molar-refractivity contribution in [3.05, 3.63) is 30.1 Å². The molecule has 0 amide bonds. The third-order valence-electron chi connectivity index (χ3n) is 2.23. The Balaban J connectivity index is 2.34. The Kier molecular flexibility index (Phi) is 5.55. The summed E-state index contributed by atoms with van der Waals surface area (Å²) in [5.74, 6) is 0. The Hall–Kier alpha value is -0.970. The first kappa shape index (κ1) is 14.1. The maximum absolute atomic E-state index is 5.69. The molecule has 1 atom stereocenters. The van der Waals surface area contributed by atoms with Crippen LogP contribution < -0.4 is 5.73 Å². The summed E-state index contributed by atoms with van der Waals surface area (Å²) in [5.41, 5.74) is 6.61. The van der Waals surface area contributed by atoms with Crippen molar-refractivity contribution in [2.24, 2.45) is 5.73 Å². The highest BCUT2D eigenvalue weighted by Gasteiger charge is 2.12. The average molecular weight is 238 g/mol. The first-order valence-corrected chi connectivity index (χ1v) is 5.88. The van der Waals surface area contributed by atoms with Gasteiger partial charge in [0.05, 0.1) is 24.9 Å². The third-order valence-corrected chi connectivity index (χ3v) is 2.23. The number of nitrogens with two attached hydrogens (primary N) is 1. The number of aromatic nitrogens is 1. The Morgan fingerprint density at radius 2 is 1.88 bits per heavy atom. The number of hydrogen-bond donors (Lipinski definition) is 1. The van der Waals surface area contributed by atoms with Gasteiger partial charge in [-0.15, -0.1) is 0 Å². The van der Waals surface area contributed by atoms with Crippen molar-refractivity contribution in [1.29, 1.82) is 0 Å². The van der Waals surface area contributed by atoms with Gasteiger partial charge in [-0.1, -0.05) is 0 Å². The summed E-state index contributed by atoms with van der Waals surface area (Å²) < 4.78 is 11.3. The van der Waals surface area contributed by atoms with E-state index in [1.165, 1.54) is 0 Å². The summed E-state index contributed by atoms with van der Waals surface area (Å²) in [4.78, 5) is 3.97. The van der Waals surface area contributed by atoms with E-state index >= 15 is 0 Å². The second-order valence-corrected chi connectivity index (χ2v) is 4.84. The number of nitrogens with zero attached hydrogens (tertiary/aromatic N) is 1. The second-order valence-electron chi connectivity index (χ2n) is 4.84. The summed E-state index contributed by atoms with van der Waals surface area (Å²) in [6.45, 7) is 7.65. The molecular weight excluding hydrogens is 216 g/mol. The van der Waals surface area contributed by atoms with Crippen molar-refractivity contribution in [3.8, 4) is 0 Å². The van der Waals surface area contributed by atoms with Gasteiger partial charge in [0, 0.05) is 18.9 Å². The zero-order valence-electron chi connectivity index (χ0n) is 10.8. The summed E-state index contributed by atoms with van der Waals surface area (Å²) in [6.07, 6.45) is 3.40. The van der Waals surface area contributed by atoms with Crippen molar-refractivity contribution in [2.45, 2.75) is 32.5 Å². The van der Waals surface area contributed by atoms with E-state index in [4.69, 9.17) is 15.2 Å². The molecule has 0 fully saturated rings. The van der Waals surface area contributed by atoms with Crippen LogP contribution >= 0.6 is 0 Å². The monoisotopic (exact) mass is 238 g/mol. The van der Waals surface area contributed by atoms with Crippen LogP contribution in [0.1, 0.15) is 32.4 Å². The molecule has 0 saturated carbocycles. The van der Waals surface area contributed by atoms with Crippen molar-refractivity contribution in [1.82, 2.24) is 4.98 Å². The van der Waals surface area contributed by atoms with E-state index in [9.17, 15) is 0 Å². The Bertz CT molecular complexity index is 309. The average Bonchev–Trinajstić information content (AvgIpc) is 2.29. The number of hydrogen-bond acceptors (Lipinski definition) is 4. The number of ether oxygens (including phenoxy) is 2. The van der Waals surface area contributed by atoms with E-state index in [0.29, 0.717) is 19.8 Å². The van der Waals surface area contributed by atoms with E-state index in [1.54, 1.807) is 12.4 Å². The molecule has 0 bridgehead atoms. The minimum atomic E-state index is -0.127. The molecule has 0 aromatic carbocycles. The Morgan fingerprint density at radius 1 is 1.24 bits per heavy atom. The smallest absolute Gasteiger partial charge is 0.0949 e. The van der Waals surface area contributed by atoms with Gasteiger partial charge in [0.15, 0.2) is 0 Å². The SMILES string of the molecule is CC(C)(C)OCCOC(CN)c1ccncc1. The van der Waals surface area contributed by atoms with Gasteiger partial charge in [-0.3, -0.25) is 4.98 Å². The van der Waals surface area contributed by atoms with E-state index in [0.717, 1.165) is 5.56 Å². The quantitative estimate of drug-likeness (QED) is 0.769. The first-order chi connectivity index (χ1) is 8.03. The number of pyridine rings is 1. The van der Waals surface area contributed by atoms with Gasteiger partial charge in [-0.05, 0) is 38.5 Å². The molecule has 0 saturated heterocycles. The van der Waals surface area contributed by atoms with Crippen LogP contribution in [-0.2, 0) is 9.47 Å². The van der Waals surface area contributed by atoms with Crippen LogP contribution in [0.2, 0.25) is 0 Å². The van der Waals surface area contributed by atoms with Crippen LogP contribution in [0, 0.1) is 0 Å². The van der Waals surface area contributed by atoms with Crippen molar-refractivity contribution in [3.63, 3.8) is 0 Å². The lowest BCUT2D eigenvalue weighted by molar-refractivity contribution is -0.0506. The summed E-state index contributed by atoms with van der Waals surface area (Å²) in [5, 5.41) is 0. The molecule has 1 aromatic heterocycles. The lowest BCUT2D eigenvalue weighted by Gasteiger charge is -2.21. The first-order valence-electron chi connectivity index (χ1n) is 5.88. The topological polar surface area (TPSA) is 57.4 Å². The molecule has 96 valence electrons. The minimum absolute atomic E-state index is 0.0819. The molecule has 1 unspecified atom stereocenters. The predicted molar refractivity (Wildman–Crippen MR) is 67.7 cm³/mol. The highest BCUT2D eigenvalue weighted by molar-refractivity contribution is 5.13. The van der Waals surface area contributed by atoms with Gasteiger partial charge in [0.1, 0.15) is 0 Å². The van der Waals surface area contributed by atoms with Crippen LogP contribution in [-0.4, -0.2) is 30.3 Å². The van der Waals surface area contributed by atoms with E-state index in [1.807, 2.05) is 32.9 Å². The van der Waals surface area contributed by atoms with Gasteiger partial charge in [0.25, 0.3) is 0 Å². The predicted octanol–water partition coefficient (Wildman–Crippen LogP) is 1.91. The van der Waals surface area contributed by atoms with Crippen LogP contribution in [0.3, 0.4) is 0 Å². The summed E-state index contributed by atoms with van der Waals surface area (Å²) in [6, 6.07) is 3.84. The van der Waals surface area contributed by atoms with Crippen LogP contribution in [0.4, 0.5) is 0 Å². The molecule has 0 aliphatic heterocycles. The maximum Gasteiger partial charge on any atom is 0.0949 e. The molecular formula is C13H22N2O2. The van der Waals surface area contributed by atoms with Crippen LogP contribution in [0.5, 0.6) is 0 Å². The standard InChI is InChI=1S/C13H22N2O2/c1-13(2,3)17-9-8-16-12(10-14)11-4-6-15-7-5-11/h4-7,12H,8-10,14H2,1-3H3. The van der Waals surface area contributed by atoms with Crippen molar-refractivity contribution in [2.75, 3.05) is 19.8 Å². The fourth-order valence-corrected chi connectivity index (χ4v) is 1.42. The zero-order valence-corrected chi connectivity index (χ0v) is 10.8. The molecule has 1 aromatic rings. The highest BCUT2D eigenvalue weighted by atomic mass is 16.5. The maximum atomic E-state index is 5.69. The lowest BCUT2D eigenvalue weighted by Crippen LogP contribution is -2.24. The Labute approximate surface area is 103 Å². The van der Waals surface area contributed by atoms with E-state index < -0.39 is 0 Å². The zero-order chi connectivity index (χ0) is 12.7. The minimum Gasteiger partial charge on any atom is -0.373 e. The molecule has 4 nitrogen and oxygen atoms in total. The normalized spacial score (nSPS) is 13.6. The third kappa shape index (κ3) is 5.77. The van der Waals surface area contributed by atoms with Crippen molar-refractivity contribution >= 4 is 0 Å². The van der Waals surface area contributed by atoms with Crippen molar-refractivity contribution < 1.29 is 9.47 Å². The molecule has 4 heteroatoms. The van der Waals surface area contributed by atoms with Crippen LogP contribution in [0.25, 0.3) is 0 Å². The molecule has 0 aliphatic rings. The molecule has 17 heavy (non-hydrogen) atoms. The van der Waals surface area contributed by atoms with E-state index in [-0.39, 0.29) is 11.7 Å². The molecule has 0 spiro atoms. The molecule has 1 rings (SSSR count). The molecule has 2 N–H and O–H groups in total.